The molecule has 13 nitrogen and oxygen atoms in total. The van der Waals surface area contributed by atoms with Gasteiger partial charge in [0.15, 0.2) is 0 Å². The smallest absolute Gasteiger partial charge is 0.345 e. The van der Waals surface area contributed by atoms with Crippen molar-refractivity contribution in [2.45, 2.75) is 76.3 Å². The Morgan fingerprint density at radius 2 is 1.90 bits per heavy atom. The second-order valence-electron chi connectivity index (χ2n) is 13.7. The van der Waals surface area contributed by atoms with E-state index in [2.05, 4.69) is 10.00 Å². The van der Waals surface area contributed by atoms with Crippen molar-refractivity contribution in [2.24, 2.45) is 0 Å². The van der Waals surface area contributed by atoms with Crippen LogP contribution in [0, 0.1) is 0 Å². The highest BCUT2D eigenvalue weighted by molar-refractivity contribution is 6.37. The summed E-state index contributed by atoms with van der Waals surface area (Å²) in [5, 5.41) is 14.6. The lowest BCUT2D eigenvalue weighted by Gasteiger charge is -2.35. The zero-order valence-corrected chi connectivity index (χ0v) is 28.1. The lowest BCUT2D eigenvalue weighted by molar-refractivity contribution is -0.121. The quantitative estimate of drug-likeness (QED) is 0.191. The SMILES string of the molecule is [B]C([B])(O)OCC1CN(c2ccc3c(=O)n(CCc4ccc5c(c4)N(C)C(=O)C5(C)C)c(CCn4nc5n(c4=O)CCC5)nc3c2)CCO1. The van der Waals surface area contributed by atoms with E-state index in [1.807, 2.05) is 44.2 Å². The standard InChI is InChI=1S/C34H39B2N7O6/c1-33(2)25-9-6-21(17-27(25)39(3)31(33)45)10-13-41-28(11-14-43-32(46)42-12-4-5-29(42)38-43)37-26-18-22(7-8-24(26)30(41)44)40-15-16-48-23(19-40)20-49-34(35,36)47/h6-9,17-18,23,47H,4-5,10-16,19-20H2,1-3H3. The second-order valence-corrected chi connectivity index (χ2v) is 13.7. The Morgan fingerprint density at radius 3 is 2.67 bits per heavy atom. The Labute approximate surface area is 286 Å². The first-order valence-corrected chi connectivity index (χ1v) is 16.7. The van der Waals surface area contributed by atoms with Gasteiger partial charge in [0.1, 0.15) is 27.3 Å². The number of aliphatic hydroxyl groups is 1. The van der Waals surface area contributed by atoms with Crippen LogP contribution in [0.25, 0.3) is 10.9 Å². The van der Waals surface area contributed by atoms with Crippen LogP contribution in [0.5, 0.6) is 0 Å². The number of benzene rings is 2. The van der Waals surface area contributed by atoms with Crippen molar-refractivity contribution < 1.29 is 19.4 Å². The van der Waals surface area contributed by atoms with Gasteiger partial charge in [-0.1, -0.05) is 12.1 Å². The van der Waals surface area contributed by atoms with Crippen LogP contribution in [0.2, 0.25) is 0 Å². The largest absolute Gasteiger partial charge is 0.384 e. The highest BCUT2D eigenvalue weighted by atomic mass is 16.6. The van der Waals surface area contributed by atoms with Gasteiger partial charge in [-0.2, -0.15) is 5.10 Å². The average Bonchev–Trinajstić information content (AvgIpc) is 3.71. The third-order valence-electron chi connectivity index (χ3n) is 9.91. The lowest BCUT2D eigenvalue weighted by atomic mass is 9.77. The van der Waals surface area contributed by atoms with Gasteiger partial charge in [0.2, 0.25) is 5.91 Å². The Balaban J connectivity index is 1.19. The molecule has 0 spiro atoms. The first-order valence-electron chi connectivity index (χ1n) is 16.7. The van der Waals surface area contributed by atoms with Gasteiger partial charge in [-0.15, -0.1) is 0 Å². The topological polar surface area (TPSA) is 137 Å². The molecule has 0 bridgehead atoms. The molecule has 5 heterocycles. The van der Waals surface area contributed by atoms with Crippen LogP contribution in [-0.4, -0.2) is 95.6 Å². The molecule has 3 aliphatic heterocycles. The van der Waals surface area contributed by atoms with Gasteiger partial charge in [0, 0.05) is 57.4 Å². The van der Waals surface area contributed by atoms with Crippen LogP contribution in [0.4, 0.5) is 11.4 Å². The van der Waals surface area contributed by atoms with Gasteiger partial charge in [0.25, 0.3) is 5.56 Å². The van der Waals surface area contributed by atoms with Gasteiger partial charge in [-0.05, 0) is 62.1 Å². The summed E-state index contributed by atoms with van der Waals surface area (Å²) in [6.45, 7) is 6.69. The Bertz CT molecular complexity index is 2050. The zero-order valence-electron chi connectivity index (χ0n) is 28.1. The van der Waals surface area contributed by atoms with E-state index in [1.54, 1.807) is 27.1 Å². The normalized spacial score (nSPS) is 18.8. The Morgan fingerprint density at radius 1 is 1.08 bits per heavy atom. The number of carbonyl (C=O) groups is 1. The van der Waals surface area contributed by atoms with Crippen LogP contribution in [0.15, 0.2) is 46.0 Å². The van der Waals surface area contributed by atoms with Gasteiger partial charge >= 0.3 is 5.69 Å². The minimum atomic E-state index is -2.25. The zero-order chi connectivity index (χ0) is 34.7. The van der Waals surface area contributed by atoms with E-state index >= 15 is 0 Å². The third kappa shape index (κ3) is 6.35. The lowest BCUT2D eigenvalue weighted by Crippen LogP contribution is -2.46. The van der Waals surface area contributed by atoms with Crippen LogP contribution in [0.1, 0.15) is 43.0 Å². The molecule has 4 radical (unpaired) electrons. The molecule has 1 atom stereocenters. The molecule has 1 N–H and O–H groups in total. The molecular weight excluding hydrogens is 624 g/mol. The minimum absolute atomic E-state index is 0.00606. The summed E-state index contributed by atoms with van der Waals surface area (Å²) in [5.74, 6) is 1.40. The number of morpholine rings is 1. The maximum atomic E-state index is 14.1. The molecule has 1 saturated heterocycles. The number of amides is 1. The molecular formula is C34H39B2N7O6. The summed E-state index contributed by atoms with van der Waals surface area (Å²) in [6, 6.07) is 11.6. The molecule has 1 fully saturated rings. The number of fused-ring (bicyclic) bond motifs is 3. The van der Waals surface area contributed by atoms with E-state index in [1.165, 1.54) is 4.68 Å². The summed E-state index contributed by atoms with van der Waals surface area (Å²) in [7, 11) is 12.5. The molecule has 1 amide bonds. The van der Waals surface area contributed by atoms with E-state index in [0.29, 0.717) is 62.4 Å². The number of nitrogens with zero attached hydrogens (tertiary/aromatic N) is 7. The number of carbonyl (C=O) groups excluding carboxylic acids is 1. The first-order chi connectivity index (χ1) is 23.3. The van der Waals surface area contributed by atoms with E-state index in [9.17, 15) is 19.5 Å². The molecule has 0 saturated carbocycles. The van der Waals surface area contributed by atoms with Crippen molar-refractivity contribution in [2.75, 3.05) is 43.2 Å². The minimum Gasteiger partial charge on any atom is -0.384 e. The highest BCUT2D eigenvalue weighted by Gasteiger charge is 2.42. The Hall–Kier alpha value is -4.20. The van der Waals surface area contributed by atoms with Crippen molar-refractivity contribution >= 4 is 43.9 Å². The third-order valence-corrected chi connectivity index (χ3v) is 9.91. The molecule has 0 aliphatic carbocycles. The predicted octanol–water partition coefficient (Wildman–Crippen LogP) is 0.603. The fourth-order valence-corrected chi connectivity index (χ4v) is 7.22. The van der Waals surface area contributed by atoms with E-state index < -0.39 is 11.0 Å². The van der Waals surface area contributed by atoms with Gasteiger partial charge in [-0.3, -0.25) is 18.7 Å². The van der Waals surface area contributed by atoms with Gasteiger partial charge < -0.3 is 24.4 Å². The van der Waals surface area contributed by atoms with Crippen molar-refractivity contribution in [1.29, 1.82) is 0 Å². The fourth-order valence-electron chi connectivity index (χ4n) is 7.22. The molecule has 252 valence electrons. The molecule has 2 aromatic carbocycles. The van der Waals surface area contributed by atoms with Crippen LogP contribution < -0.4 is 21.0 Å². The molecule has 49 heavy (non-hydrogen) atoms. The maximum Gasteiger partial charge on any atom is 0.345 e. The fraction of sp³-hybridized carbons (Fsp3) is 0.500. The summed E-state index contributed by atoms with van der Waals surface area (Å²) >= 11 is 0. The van der Waals surface area contributed by atoms with E-state index in [-0.39, 0.29) is 36.4 Å². The summed E-state index contributed by atoms with van der Waals surface area (Å²) in [4.78, 5) is 48.8. The number of hydrogen-bond donors (Lipinski definition) is 1. The molecule has 2 aromatic heterocycles. The molecule has 15 heteroatoms. The monoisotopic (exact) mass is 663 g/mol. The molecule has 1 unspecified atom stereocenters. The number of anilines is 2. The highest BCUT2D eigenvalue weighted by Crippen LogP contribution is 2.41. The van der Waals surface area contributed by atoms with Crippen molar-refractivity contribution in [3.8, 4) is 0 Å². The first kappa shape index (κ1) is 33.3. The predicted molar refractivity (Wildman–Crippen MR) is 185 cm³/mol. The number of rotatable bonds is 10. The average molecular weight is 663 g/mol. The summed E-state index contributed by atoms with van der Waals surface area (Å²) in [6.07, 6.45) is 2.19. The molecule has 4 aromatic rings. The van der Waals surface area contributed by atoms with Crippen molar-refractivity contribution in [3.05, 3.63) is 80.0 Å². The number of likely N-dealkylation sites (N-methyl/N-ethyl adjacent to an activating group) is 1. The summed E-state index contributed by atoms with van der Waals surface area (Å²) < 4.78 is 15.8. The van der Waals surface area contributed by atoms with E-state index in [0.717, 1.165) is 41.2 Å². The number of ether oxygens (including phenoxy) is 2. The number of aromatic nitrogens is 5. The van der Waals surface area contributed by atoms with Crippen LogP contribution in [-0.2, 0) is 58.6 Å². The van der Waals surface area contributed by atoms with Crippen LogP contribution in [0.3, 0.4) is 0 Å². The number of aryl methyl sites for hydroxylation is 4. The molecule has 3 aliphatic rings. The number of hydrogen-bond acceptors (Lipinski definition) is 9. The second kappa shape index (κ2) is 12.6. The Kier molecular flexibility index (Phi) is 8.56. The van der Waals surface area contributed by atoms with Crippen LogP contribution >= 0.6 is 0 Å². The van der Waals surface area contributed by atoms with Crippen molar-refractivity contribution in [1.82, 2.24) is 23.9 Å². The van der Waals surface area contributed by atoms with Gasteiger partial charge in [0.05, 0.1) is 47.8 Å². The van der Waals surface area contributed by atoms with Crippen molar-refractivity contribution in [3.63, 3.8) is 0 Å². The van der Waals surface area contributed by atoms with E-state index in [4.69, 9.17) is 30.2 Å². The maximum absolute atomic E-state index is 14.1. The molecule has 7 rings (SSSR count). The van der Waals surface area contributed by atoms with Gasteiger partial charge in [-0.25, -0.2) is 14.5 Å². The summed E-state index contributed by atoms with van der Waals surface area (Å²) in [5.41, 5.74) is 1.13.